The van der Waals surface area contributed by atoms with E-state index in [0.29, 0.717) is 23.0 Å². The highest BCUT2D eigenvalue weighted by Crippen LogP contribution is 2.26. The van der Waals surface area contributed by atoms with Crippen LogP contribution in [0.3, 0.4) is 0 Å². The summed E-state index contributed by atoms with van der Waals surface area (Å²) in [6.07, 6.45) is -0.707. The highest BCUT2D eigenvalue weighted by Gasteiger charge is 2.21. The third-order valence-electron chi connectivity index (χ3n) is 3.96. The standard InChI is InChI=1S/C20H20N2O5/c1-12-5-7-14(8-6-12)19-22-21-18(27-19)13(2)26-20(23)15-9-16(24-3)11-17(10-15)25-4/h5-11,13H,1-4H3/t13-/m1/s1. The fourth-order valence-corrected chi connectivity index (χ4v) is 2.42. The van der Waals surface area contributed by atoms with E-state index in [2.05, 4.69) is 10.2 Å². The summed E-state index contributed by atoms with van der Waals surface area (Å²) in [5.74, 6) is 1.03. The molecular formula is C20H20N2O5. The van der Waals surface area contributed by atoms with E-state index in [-0.39, 0.29) is 5.89 Å². The maximum absolute atomic E-state index is 12.5. The SMILES string of the molecule is COc1cc(OC)cc(C(=O)O[C@H](C)c2nnc(-c3ccc(C)cc3)o2)c1. The number of hydrogen-bond donors (Lipinski definition) is 0. The summed E-state index contributed by atoms with van der Waals surface area (Å²) >= 11 is 0. The van der Waals surface area contributed by atoms with Gasteiger partial charge in [0.05, 0.1) is 19.8 Å². The number of rotatable bonds is 6. The lowest BCUT2D eigenvalue weighted by molar-refractivity contribution is 0.0279. The van der Waals surface area contributed by atoms with E-state index in [4.69, 9.17) is 18.6 Å². The molecule has 0 N–H and O–H groups in total. The first-order chi connectivity index (χ1) is 13.0. The highest BCUT2D eigenvalue weighted by molar-refractivity contribution is 5.90. The van der Waals surface area contributed by atoms with Crippen molar-refractivity contribution < 1.29 is 23.4 Å². The van der Waals surface area contributed by atoms with Gasteiger partial charge in [-0.1, -0.05) is 17.7 Å². The van der Waals surface area contributed by atoms with Gasteiger partial charge in [-0.2, -0.15) is 0 Å². The average Bonchev–Trinajstić information content (AvgIpc) is 3.18. The van der Waals surface area contributed by atoms with Crippen LogP contribution in [0.1, 0.15) is 34.8 Å². The molecule has 0 spiro atoms. The molecule has 27 heavy (non-hydrogen) atoms. The fourth-order valence-electron chi connectivity index (χ4n) is 2.42. The Labute approximate surface area is 156 Å². The Balaban J connectivity index is 1.74. The maximum atomic E-state index is 12.5. The van der Waals surface area contributed by atoms with Gasteiger partial charge in [0.1, 0.15) is 11.5 Å². The van der Waals surface area contributed by atoms with Crippen molar-refractivity contribution in [1.82, 2.24) is 10.2 Å². The van der Waals surface area contributed by atoms with Crippen molar-refractivity contribution >= 4 is 5.97 Å². The number of esters is 1. The number of methoxy groups -OCH3 is 2. The molecule has 0 bridgehead atoms. The second kappa shape index (κ2) is 7.90. The molecule has 0 aliphatic rings. The van der Waals surface area contributed by atoms with E-state index in [0.717, 1.165) is 11.1 Å². The van der Waals surface area contributed by atoms with Gasteiger partial charge < -0.3 is 18.6 Å². The minimum atomic E-state index is -0.707. The van der Waals surface area contributed by atoms with Gasteiger partial charge in [0.25, 0.3) is 5.89 Å². The van der Waals surface area contributed by atoms with Crippen LogP contribution in [0.2, 0.25) is 0 Å². The zero-order valence-electron chi connectivity index (χ0n) is 15.6. The molecule has 2 aromatic carbocycles. The van der Waals surface area contributed by atoms with E-state index in [9.17, 15) is 4.79 Å². The molecule has 3 aromatic rings. The van der Waals surface area contributed by atoms with E-state index in [1.807, 2.05) is 31.2 Å². The Hall–Kier alpha value is -3.35. The number of hydrogen-bond acceptors (Lipinski definition) is 7. The van der Waals surface area contributed by atoms with Crippen molar-refractivity contribution in [3.63, 3.8) is 0 Å². The van der Waals surface area contributed by atoms with Gasteiger partial charge in [-0.25, -0.2) is 4.79 Å². The monoisotopic (exact) mass is 368 g/mol. The second-order valence-corrected chi connectivity index (χ2v) is 5.96. The lowest BCUT2D eigenvalue weighted by atomic mass is 10.1. The number of benzene rings is 2. The molecular weight excluding hydrogens is 348 g/mol. The van der Waals surface area contributed by atoms with Crippen LogP contribution in [-0.2, 0) is 4.74 Å². The lowest BCUT2D eigenvalue weighted by Crippen LogP contribution is -2.10. The Morgan fingerprint density at radius 2 is 1.63 bits per heavy atom. The predicted octanol–water partition coefficient (Wildman–Crippen LogP) is 3.98. The molecule has 1 heterocycles. The highest BCUT2D eigenvalue weighted by atomic mass is 16.6. The van der Waals surface area contributed by atoms with Gasteiger partial charge in [0, 0.05) is 11.6 Å². The Bertz CT molecular complexity index is 912. The smallest absolute Gasteiger partial charge is 0.339 e. The van der Waals surface area contributed by atoms with Gasteiger partial charge in [0.2, 0.25) is 5.89 Å². The van der Waals surface area contributed by atoms with Gasteiger partial charge in [-0.3, -0.25) is 0 Å². The number of aryl methyl sites for hydroxylation is 1. The van der Waals surface area contributed by atoms with Gasteiger partial charge in [-0.15, -0.1) is 10.2 Å². The lowest BCUT2D eigenvalue weighted by Gasteiger charge is -2.11. The normalized spacial score (nSPS) is 11.7. The van der Waals surface area contributed by atoms with Gasteiger partial charge in [-0.05, 0) is 38.1 Å². The molecule has 0 fully saturated rings. The molecule has 0 saturated heterocycles. The summed E-state index contributed by atoms with van der Waals surface area (Å²) in [5, 5.41) is 8.01. The Morgan fingerprint density at radius 1 is 1.00 bits per heavy atom. The number of ether oxygens (including phenoxy) is 3. The van der Waals surface area contributed by atoms with Crippen LogP contribution < -0.4 is 9.47 Å². The summed E-state index contributed by atoms with van der Waals surface area (Å²) < 4.78 is 21.4. The molecule has 0 aliphatic heterocycles. The van der Waals surface area contributed by atoms with Gasteiger partial charge in [0.15, 0.2) is 6.10 Å². The van der Waals surface area contributed by atoms with Crippen LogP contribution in [-0.4, -0.2) is 30.4 Å². The fraction of sp³-hybridized carbons (Fsp3) is 0.250. The number of carbonyl (C=O) groups excluding carboxylic acids is 1. The molecule has 1 aromatic heterocycles. The van der Waals surface area contributed by atoms with Gasteiger partial charge >= 0.3 is 5.97 Å². The zero-order chi connectivity index (χ0) is 19.4. The van der Waals surface area contributed by atoms with Crippen molar-refractivity contribution in [1.29, 1.82) is 0 Å². The van der Waals surface area contributed by atoms with Crippen molar-refractivity contribution in [2.45, 2.75) is 20.0 Å². The predicted molar refractivity (Wildman–Crippen MR) is 97.8 cm³/mol. The first kappa shape index (κ1) is 18.4. The third-order valence-corrected chi connectivity index (χ3v) is 3.96. The van der Waals surface area contributed by atoms with Crippen molar-refractivity contribution in [3.05, 3.63) is 59.5 Å². The van der Waals surface area contributed by atoms with E-state index < -0.39 is 12.1 Å². The second-order valence-electron chi connectivity index (χ2n) is 5.96. The molecule has 0 unspecified atom stereocenters. The van der Waals surface area contributed by atoms with Crippen LogP contribution in [0.5, 0.6) is 11.5 Å². The quantitative estimate of drug-likeness (QED) is 0.609. The number of aromatic nitrogens is 2. The molecule has 0 saturated carbocycles. The van der Waals surface area contributed by atoms with Crippen LogP contribution in [0.15, 0.2) is 46.9 Å². The van der Waals surface area contributed by atoms with E-state index in [1.165, 1.54) is 14.2 Å². The molecule has 3 rings (SSSR count). The van der Waals surface area contributed by atoms with Crippen LogP contribution in [0.4, 0.5) is 0 Å². The van der Waals surface area contributed by atoms with Crippen LogP contribution >= 0.6 is 0 Å². The summed E-state index contributed by atoms with van der Waals surface area (Å²) in [6, 6.07) is 12.5. The first-order valence-corrected chi connectivity index (χ1v) is 8.34. The summed E-state index contributed by atoms with van der Waals surface area (Å²) in [5.41, 5.74) is 2.24. The molecule has 7 heteroatoms. The molecule has 1 atom stereocenters. The molecule has 140 valence electrons. The number of carbonyl (C=O) groups is 1. The van der Waals surface area contributed by atoms with Crippen molar-refractivity contribution in [2.24, 2.45) is 0 Å². The zero-order valence-corrected chi connectivity index (χ0v) is 15.6. The maximum Gasteiger partial charge on any atom is 0.339 e. The summed E-state index contributed by atoms with van der Waals surface area (Å²) in [6.45, 7) is 3.67. The van der Waals surface area contributed by atoms with Crippen molar-refractivity contribution in [2.75, 3.05) is 14.2 Å². The molecule has 7 nitrogen and oxygen atoms in total. The largest absolute Gasteiger partial charge is 0.497 e. The third kappa shape index (κ3) is 4.25. The van der Waals surface area contributed by atoms with E-state index in [1.54, 1.807) is 25.1 Å². The summed E-state index contributed by atoms with van der Waals surface area (Å²) in [4.78, 5) is 12.5. The molecule has 0 aliphatic carbocycles. The number of nitrogens with zero attached hydrogens (tertiary/aromatic N) is 2. The minimum Gasteiger partial charge on any atom is -0.497 e. The van der Waals surface area contributed by atoms with Crippen LogP contribution in [0.25, 0.3) is 11.5 Å². The first-order valence-electron chi connectivity index (χ1n) is 8.34. The summed E-state index contributed by atoms with van der Waals surface area (Å²) in [7, 11) is 3.02. The average molecular weight is 368 g/mol. The molecule has 0 amide bonds. The topological polar surface area (TPSA) is 83.7 Å². The Kier molecular flexibility index (Phi) is 5.40. The van der Waals surface area contributed by atoms with E-state index >= 15 is 0 Å². The van der Waals surface area contributed by atoms with Crippen LogP contribution in [0, 0.1) is 6.92 Å². The van der Waals surface area contributed by atoms with Crippen molar-refractivity contribution in [3.8, 4) is 23.0 Å². The molecule has 0 radical (unpaired) electrons. The minimum absolute atomic E-state index is 0.216. The Morgan fingerprint density at radius 3 is 2.22 bits per heavy atom.